The summed E-state index contributed by atoms with van der Waals surface area (Å²) in [4.78, 5) is 21.7. The molecule has 2 atom stereocenters. The third-order valence-electron chi connectivity index (χ3n) is 2.75. The van der Waals surface area contributed by atoms with Crippen LogP contribution in [0.1, 0.15) is 19.8 Å². The molecule has 0 saturated carbocycles. The molecule has 1 aliphatic heterocycles. The Morgan fingerprint density at radius 1 is 1.47 bits per heavy atom. The molecule has 17 heavy (non-hydrogen) atoms. The van der Waals surface area contributed by atoms with Crippen LogP contribution in [0.2, 0.25) is 0 Å². The predicted octanol–water partition coefficient (Wildman–Crippen LogP) is -1.26. The maximum absolute atomic E-state index is 11.5. The number of carbonyl (C=O) groups excluding carboxylic acids is 2. The van der Waals surface area contributed by atoms with Gasteiger partial charge in [-0.2, -0.15) is 0 Å². The number of sulfone groups is 1. The highest BCUT2D eigenvalue weighted by Gasteiger charge is 2.31. The molecule has 0 aromatic heterocycles. The quantitative estimate of drug-likeness (QED) is 0.585. The molecule has 7 nitrogen and oxygen atoms in total. The zero-order valence-electron chi connectivity index (χ0n) is 9.60. The Balaban J connectivity index is 2.40. The van der Waals surface area contributed by atoms with Crippen LogP contribution in [0.25, 0.3) is 0 Å². The lowest BCUT2D eigenvalue weighted by molar-refractivity contribution is -0.121. The molecule has 8 heteroatoms. The van der Waals surface area contributed by atoms with Crippen molar-refractivity contribution in [2.24, 2.45) is 5.73 Å². The third kappa shape index (κ3) is 3.97. The van der Waals surface area contributed by atoms with Crippen molar-refractivity contribution in [1.82, 2.24) is 10.6 Å². The van der Waals surface area contributed by atoms with Crippen molar-refractivity contribution in [3.8, 4) is 0 Å². The van der Waals surface area contributed by atoms with Crippen LogP contribution < -0.4 is 16.4 Å². The van der Waals surface area contributed by atoms with E-state index in [-0.39, 0.29) is 12.3 Å². The van der Waals surface area contributed by atoms with Gasteiger partial charge >= 0.3 is 6.03 Å². The van der Waals surface area contributed by atoms with Crippen LogP contribution in [0.4, 0.5) is 4.79 Å². The molecular weight excluding hydrogens is 246 g/mol. The molecule has 4 N–H and O–H groups in total. The van der Waals surface area contributed by atoms with Gasteiger partial charge in [-0.15, -0.1) is 0 Å². The second kappa shape index (κ2) is 5.46. The van der Waals surface area contributed by atoms with Gasteiger partial charge in [0.2, 0.25) is 5.91 Å². The van der Waals surface area contributed by atoms with Gasteiger partial charge in [0, 0.05) is 6.54 Å². The molecule has 98 valence electrons. The molecule has 1 aliphatic rings. The first-order valence-corrected chi connectivity index (χ1v) is 7.09. The highest BCUT2D eigenvalue weighted by atomic mass is 32.2. The van der Waals surface area contributed by atoms with E-state index in [0.29, 0.717) is 12.8 Å². The molecule has 0 aliphatic carbocycles. The molecule has 0 aromatic rings. The summed E-state index contributed by atoms with van der Waals surface area (Å²) in [5.41, 5.74) is 4.80. The molecule has 0 bridgehead atoms. The molecule has 3 amide bonds. The molecule has 0 spiro atoms. The number of imide groups is 1. The maximum Gasteiger partial charge on any atom is 0.318 e. The summed E-state index contributed by atoms with van der Waals surface area (Å²) in [5.74, 6) is -0.353. The summed E-state index contributed by atoms with van der Waals surface area (Å²) < 4.78 is 23.0. The molecule has 1 rings (SSSR count). The van der Waals surface area contributed by atoms with Crippen molar-refractivity contribution >= 4 is 21.8 Å². The fraction of sp³-hybridized carbons (Fsp3) is 0.778. The average molecular weight is 263 g/mol. The van der Waals surface area contributed by atoms with E-state index < -0.39 is 33.1 Å². The number of primary amides is 1. The first kappa shape index (κ1) is 13.9. The van der Waals surface area contributed by atoms with Crippen LogP contribution >= 0.6 is 0 Å². The van der Waals surface area contributed by atoms with E-state index in [9.17, 15) is 18.0 Å². The zero-order valence-corrected chi connectivity index (χ0v) is 10.4. The Morgan fingerprint density at radius 2 is 2.12 bits per heavy atom. The zero-order chi connectivity index (χ0) is 13.1. The highest BCUT2D eigenvalue weighted by molar-refractivity contribution is 7.92. The van der Waals surface area contributed by atoms with Gasteiger partial charge in [0.15, 0.2) is 9.84 Å². The Kier molecular flexibility index (Phi) is 4.47. The first-order chi connectivity index (χ1) is 7.83. The minimum absolute atomic E-state index is 0.210. The van der Waals surface area contributed by atoms with Gasteiger partial charge in [0.1, 0.15) is 0 Å². The van der Waals surface area contributed by atoms with E-state index in [0.717, 1.165) is 0 Å². The number of amides is 3. The fourth-order valence-corrected chi connectivity index (χ4v) is 3.50. The molecule has 2 unspecified atom stereocenters. The van der Waals surface area contributed by atoms with Gasteiger partial charge in [-0.1, -0.05) is 0 Å². The summed E-state index contributed by atoms with van der Waals surface area (Å²) in [7, 11) is -3.02. The van der Waals surface area contributed by atoms with Crippen LogP contribution in [0.5, 0.6) is 0 Å². The molecule has 1 heterocycles. The van der Waals surface area contributed by atoms with Crippen LogP contribution in [0.15, 0.2) is 0 Å². The summed E-state index contributed by atoms with van der Waals surface area (Å²) in [6.45, 7) is 1.76. The summed E-state index contributed by atoms with van der Waals surface area (Å²) >= 11 is 0. The van der Waals surface area contributed by atoms with E-state index in [1.807, 2.05) is 5.32 Å². The first-order valence-electron chi connectivity index (χ1n) is 5.38. The van der Waals surface area contributed by atoms with Gasteiger partial charge in [-0.05, 0) is 19.8 Å². The highest BCUT2D eigenvalue weighted by Crippen LogP contribution is 2.19. The van der Waals surface area contributed by atoms with E-state index in [2.05, 4.69) is 5.32 Å². The number of carbonyl (C=O) groups is 2. The lowest BCUT2D eigenvalue weighted by Crippen LogP contribution is -2.48. The number of nitrogens with two attached hydrogens (primary N) is 1. The predicted molar refractivity (Wildman–Crippen MR) is 62.0 cm³/mol. The molecular formula is C9H17N3O4S. The SMILES string of the molecule is CC(NCC1CCCS1(=O)=O)C(=O)NC(N)=O. The van der Waals surface area contributed by atoms with E-state index in [1.165, 1.54) is 0 Å². The molecule has 0 aromatic carbocycles. The number of hydrogen-bond acceptors (Lipinski definition) is 5. The molecule has 1 fully saturated rings. The van der Waals surface area contributed by atoms with Gasteiger partial charge < -0.3 is 11.1 Å². The normalized spacial score (nSPS) is 24.2. The number of rotatable bonds is 4. The fourth-order valence-electron chi connectivity index (χ4n) is 1.72. The largest absolute Gasteiger partial charge is 0.351 e. The van der Waals surface area contributed by atoms with Gasteiger partial charge in [-0.25, -0.2) is 13.2 Å². The summed E-state index contributed by atoms with van der Waals surface area (Å²) in [6.07, 6.45) is 1.27. The van der Waals surface area contributed by atoms with Crippen molar-refractivity contribution in [1.29, 1.82) is 0 Å². The van der Waals surface area contributed by atoms with Gasteiger partial charge in [0.05, 0.1) is 17.0 Å². The second-order valence-corrected chi connectivity index (χ2v) is 6.52. The van der Waals surface area contributed by atoms with Gasteiger partial charge in [-0.3, -0.25) is 10.1 Å². The number of nitrogens with one attached hydrogen (secondary N) is 2. The van der Waals surface area contributed by atoms with Crippen molar-refractivity contribution in [3.05, 3.63) is 0 Å². The summed E-state index contributed by atoms with van der Waals surface area (Å²) in [6, 6.07) is -1.57. The molecule has 1 saturated heterocycles. The van der Waals surface area contributed by atoms with Crippen molar-refractivity contribution in [2.45, 2.75) is 31.1 Å². The minimum Gasteiger partial charge on any atom is -0.351 e. The Hall–Kier alpha value is -1.15. The standard InChI is InChI=1S/C9H17N3O4S/c1-6(8(13)12-9(10)14)11-5-7-3-2-4-17(7,15)16/h6-7,11H,2-5H2,1H3,(H3,10,12,13,14). The van der Waals surface area contributed by atoms with Crippen LogP contribution in [-0.4, -0.2) is 43.9 Å². The Labute approximate surface area is 100 Å². The van der Waals surface area contributed by atoms with Crippen LogP contribution in [0.3, 0.4) is 0 Å². The van der Waals surface area contributed by atoms with Crippen LogP contribution in [-0.2, 0) is 14.6 Å². The monoisotopic (exact) mass is 263 g/mol. The van der Waals surface area contributed by atoms with Gasteiger partial charge in [0.25, 0.3) is 0 Å². The lowest BCUT2D eigenvalue weighted by atomic mass is 10.2. The minimum atomic E-state index is -3.02. The Morgan fingerprint density at radius 3 is 2.59 bits per heavy atom. The van der Waals surface area contributed by atoms with E-state index in [1.54, 1.807) is 6.92 Å². The number of hydrogen-bond donors (Lipinski definition) is 3. The second-order valence-electron chi connectivity index (χ2n) is 4.11. The van der Waals surface area contributed by atoms with E-state index in [4.69, 9.17) is 5.73 Å². The van der Waals surface area contributed by atoms with E-state index >= 15 is 0 Å². The maximum atomic E-state index is 11.5. The average Bonchev–Trinajstić information content (AvgIpc) is 2.53. The summed E-state index contributed by atoms with van der Waals surface area (Å²) in [5, 5.41) is 4.27. The smallest absolute Gasteiger partial charge is 0.318 e. The van der Waals surface area contributed by atoms with Crippen LogP contribution in [0, 0.1) is 0 Å². The van der Waals surface area contributed by atoms with Crippen molar-refractivity contribution < 1.29 is 18.0 Å². The third-order valence-corrected chi connectivity index (χ3v) is 5.03. The topological polar surface area (TPSA) is 118 Å². The number of urea groups is 1. The van der Waals surface area contributed by atoms with Crippen molar-refractivity contribution in [2.75, 3.05) is 12.3 Å². The van der Waals surface area contributed by atoms with Crippen molar-refractivity contribution in [3.63, 3.8) is 0 Å². The Bertz CT molecular complexity index is 406. The lowest BCUT2D eigenvalue weighted by Gasteiger charge is -2.15. The molecule has 0 radical (unpaired) electrons.